The highest BCUT2D eigenvalue weighted by Crippen LogP contribution is 2.13. The smallest absolute Gasteiger partial charge is 0.329 e. The van der Waals surface area contributed by atoms with Crippen molar-refractivity contribution >= 4 is 22.9 Å². The largest absolute Gasteiger partial charge is 0.454 e. The van der Waals surface area contributed by atoms with Crippen LogP contribution >= 0.6 is 0 Å². The molecular weight excluding hydrogens is 322 g/mol. The van der Waals surface area contributed by atoms with E-state index in [0.29, 0.717) is 24.5 Å². The first-order chi connectivity index (χ1) is 11.9. The van der Waals surface area contributed by atoms with Crippen LogP contribution in [0.1, 0.15) is 27.2 Å². The molecule has 1 amide bonds. The number of fused-ring (bicyclic) bond motifs is 1. The Bertz CT molecular complexity index is 804. The van der Waals surface area contributed by atoms with Gasteiger partial charge in [0.15, 0.2) is 6.61 Å². The summed E-state index contributed by atoms with van der Waals surface area (Å²) in [5.74, 6) is -0.632. The Balaban J connectivity index is 2.07. The summed E-state index contributed by atoms with van der Waals surface area (Å²) >= 11 is 0. The number of nitrogens with one attached hydrogen (secondary N) is 1. The number of ether oxygens (including phenoxy) is 1. The number of esters is 1. The lowest BCUT2D eigenvalue weighted by atomic mass is 10.2. The first-order valence-electron chi connectivity index (χ1n) is 8.54. The van der Waals surface area contributed by atoms with Crippen molar-refractivity contribution in [2.24, 2.45) is 5.92 Å². The van der Waals surface area contributed by atoms with Crippen molar-refractivity contribution in [1.29, 1.82) is 0 Å². The van der Waals surface area contributed by atoms with Crippen LogP contribution in [-0.4, -0.2) is 34.2 Å². The van der Waals surface area contributed by atoms with Gasteiger partial charge in [-0.1, -0.05) is 32.9 Å². The zero-order valence-electron chi connectivity index (χ0n) is 14.9. The molecule has 136 valence electrons. The fourth-order valence-corrected chi connectivity index (χ4v) is 2.55. The molecule has 0 aliphatic heterocycles. The summed E-state index contributed by atoms with van der Waals surface area (Å²) in [5.41, 5.74) is 1.23. The van der Waals surface area contributed by atoms with Crippen LogP contribution in [0.3, 0.4) is 0 Å². The maximum atomic E-state index is 12.6. The SMILES string of the molecule is CCCn1c(=O)n(CC(=O)OCC(=O)NCC(C)C)c2ccccc21. The zero-order valence-corrected chi connectivity index (χ0v) is 14.9. The molecule has 1 N–H and O–H groups in total. The maximum absolute atomic E-state index is 12.6. The van der Waals surface area contributed by atoms with Crippen LogP contribution < -0.4 is 11.0 Å². The van der Waals surface area contributed by atoms with E-state index < -0.39 is 5.97 Å². The Hall–Kier alpha value is -2.57. The van der Waals surface area contributed by atoms with E-state index in [0.717, 1.165) is 11.9 Å². The Kier molecular flexibility index (Phi) is 6.38. The lowest BCUT2D eigenvalue weighted by Crippen LogP contribution is -2.33. The van der Waals surface area contributed by atoms with Gasteiger partial charge in [-0.3, -0.25) is 18.7 Å². The predicted molar refractivity (Wildman–Crippen MR) is 95.3 cm³/mol. The van der Waals surface area contributed by atoms with Crippen LogP contribution in [0.15, 0.2) is 29.1 Å². The number of carbonyl (C=O) groups excluding carboxylic acids is 2. The van der Waals surface area contributed by atoms with Crippen molar-refractivity contribution in [2.75, 3.05) is 13.2 Å². The van der Waals surface area contributed by atoms with E-state index in [-0.39, 0.29) is 24.7 Å². The van der Waals surface area contributed by atoms with Crippen LogP contribution in [0.4, 0.5) is 0 Å². The Morgan fingerprint density at radius 3 is 2.40 bits per heavy atom. The van der Waals surface area contributed by atoms with Gasteiger partial charge in [0.25, 0.3) is 5.91 Å². The van der Waals surface area contributed by atoms with E-state index in [1.54, 1.807) is 10.6 Å². The summed E-state index contributed by atoms with van der Waals surface area (Å²) in [6.07, 6.45) is 0.814. The molecule has 7 heteroatoms. The molecule has 0 radical (unpaired) electrons. The van der Waals surface area contributed by atoms with Crippen molar-refractivity contribution in [2.45, 2.75) is 40.3 Å². The van der Waals surface area contributed by atoms with E-state index in [4.69, 9.17) is 4.74 Å². The molecule has 0 unspecified atom stereocenters. The fourth-order valence-electron chi connectivity index (χ4n) is 2.55. The molecule has 0 fully saturated rings. The van der Waals surface area contributed by atoms with Gasteiger partial charge in [0, 0.05) is 13.1 Å². The molecule has 25 heavy (non-hydrogen) atoms. The van der Waals surface area contributed by atoms with Crippen LogP contribution in [0.2, 0.25) is 0 Å². The van der Waals surface area contributed by atoms with Crippen molar-refractivity contribution in [1.82, 2.24) is 14.5 Å². The summed E-state index contributed by atoms with van der Waals surface area (Å²) < 4.78 is 8.03. The minimum atomic E-state index is -0.610. The van der Waals surface area contributed by atoms with Crippen molar-refractivity contribution in [3.63, 3.8) is 0 Å². The number of hydrogen-bond donors (Lipinski definition) is 1. The quantitative estimate of drug-likeness (QED) is 0.734. The molecule has 0 saturated heterocycles. The number of aryl methyl sites for hydroxylation is 1. The van der Waals surface area contributed by atoms with Crippen LogP contribution in [0, 0.1) is 5.92 Å². The lowest BCUT2D eigenvalue weighted by molar-refractivity contribution is -0.149. The Labute approximate surface area is 146 Å². The van der Waals surface area contributed by atoms with E-state index in [1.165, 1.54) is 4.57 Å². The van der Waals surface area contributed by atoms with Gasteiger partial charge in [-0.15, -0.1) is 0 Å². The topological polar surface area (TPSA) is 82.3 Å². The number of nitrogens with zero attached hydrogens (tertiary/aromatic N) is 2. The lowest BCUT2D eigenvalue weighted by Gasteiger charge is -2.08. The van der Waals surface area contributed by atoms with E-state index in [1.807, 2.05) is 39.0 Å². The molecule has 2 rings (SSSR count). The number of amides is 1. The fraction of sp³-hybridized carbons (Fsp3) is 0.500. The van der Waals surface area contributed by atoms with Crippen LogP contribution in [0.25, 0.3) is 11.0 Å². The number of aromatic nitrogens is 2. The van der Waals surface area contributed by atoms with Gasteiger partial charge in [0.05, 0.1) is 11.0 Å². The number of para-hydroxylation sites is 2. The van der Waals surface area contributed by atoms with E-state index in [2.05, 4.69) is 5.32 Å². The van der Waals surface area contributed by atoms with Crippen molar-refractivity contribution in [3.05, 3.63) is 34.7 Å². The molecule has 2 aromatic rings. The first kappa shape index (κ1) is 18.8. The average molecular weight is 347 g/mol. The van der Waals surface area contributed by atoms with E-state index in [9.17, 15) is 14.4 Å². The highest BCUT2D eigenvalue weighted by molar-refractivity contribution is 5.82. The summed E-state index contributed by atoms with van der Waals surface area (Å²) in [7, 11) is 0. The third kappa shape index (κ3) is 4.71. The second-order valence-corrected chi connectivity index (χ2v) is 6.37. The second-order valence-electron chi connectivity index (χ2n) is 6.37. The molecule has 7 nitrogen and oxygen atoms in total. The third-order valence-electron chi connectivity index (χ3n) is 3.73. The summed E-state index contributed by atoms with van der Waals surface area (Å²) in [6.45, 7) is 6.50. The summed E-state index contributed by atoms with van der Waals surface area (Å²) in [6, 6.07) is 7.33. The minimum absolute atomic E-state index is 0.215. The molecule has 0 saturated carbocycles. The van der Waals surface area contributed by atoms with Crippen molar-refractivity contribution in [3.8, 4) is 0 Å². The zero-order chi connectivity index (χ0) is 18.4. The van der Waals surface area contributed by atoms with Gasteiger partial charge in [-0.25, -0.2) is 4.79 Å². The Morgan fingerprint density at radius 2 is 1.80 bits per heavy atom. The number of rotatable bonds is 8. The van der Waals surface area contributed by atoms with Gasteiger partial charge < -0.3 is 10.1 Å². The normalized spacial score (nSPS) is 11.0. The van der Waals surface area contributed by atoms with E-state index >= 15 is 0 Å². The highest BCUT2D eigenvalue weighted by Gasteiger charge is 2.16. The second kappa shape index (κ2) is 8.50. The monoisotopic (exact) mass is 347 g/mol. The molecule has 0 aliphatic carbocycles. The number of benzene rings is 1. The highest BCUT2D eigenvalue weighted by atomic mass is 16.5. The predicted octanol–water partition coefficient (Wildman–Crippen LogP) is 1.53. The van der Waals surface area contributed by atoms with Gasteiger partial charge in [-0.05, 0) is 24.5 Å². The van der Waals surface area contributed by atoms with Crippen LogP contribution in [-0.2, 0) is 27.4 Å². The van der Waals surface area contributed by atoms with Crippen molar-refractivity contribution < 1.29 is 14.3 Å². The number of hydrogen-bond acceptors (Lipinski definition) is 4. The minimum Gasteiger partial charge on any atom is -0.454 e. The van der Waals surface area contributed by atoms with Gasteiger partial charge in [-0.2, -0.15) is 0 Å². The molecule has 0 aliphatic rings. The molecule has 1 heterocycles. The maximum Gasteiger partial charge on any atom is 0.329 e. The summed E-state index contributed by atoms with van der Waals surface area (Å²) in [5, 5.41) is 2.67. The number of imidazole rings is 1. The average Bonchev–Trinajstić information content (AvgIpc) is 2.84. The summed E-state index contributed by atoms with van der Waals surface area (Å²) in [4.78, 5) is 36.2. The van der Waals surface area contributed by atoms with Gasteiger partial charge in [0.1, 0.15) is 6.54 Å². The molecule has 0 bridgehead atoms. The Morgan fingerprint density at radius 1 is 1.16 bits per heavy atom. The number of carbonyl (C=O) groups is 2. The molecule has 1 aromatic carbocycles. The third-order valence-corrected chi connectivity index (χ3v) is 3.73. The van der Waals surface area contributed by atoms with Crippen LogP contribution in [0.5, 0.6) is 0 Å². The van der Waals surface area contributed by atoms with Gasteiger partial charge >= 0.3 is 11.7 Å². The molecule has 1 aromatic heterocycles. The first-order valence-corrected chi connectivity index (χ1v) is 8.54. The standard InChI is InChI=1S/C18H25N3O4/c1-4-9-20-14-7-5-6-8-15(14)21(18(20)24)11-17(23)25-12-16(22)19-10-13(2)3/h5-8,13H,4,9-12H2,1-3H3,(H,19,22). The van der Waals surface area contributed by atoms with Gasteiger partial charge in [0.2, 0.25) is 0 Å². The molecule has 0 atom stereocenters. The molecule has 0 spiro atoms. The molecular formula is C18H25N3O4.